The molecule has 0 radical (unpaired) electrons. The molecule has 222 valence electrons. The number of halogens is 3. The Labute approximate surface area is 238 Å². The SMILES string of the molecule is COC(=O)[C@@H](O[Si](C)(C)C)[C@@H]1OC(COCc2ccccc2)[C@H](C)[C@H](n2cc(-c3cc(F)c(F)c(F)c3)nn2)C1C. The van der Waals surface area contributed by atoms with Crippen molar-refractivity contribution in [2.45, 2.75) is 64.4 Å². The van der Waals surface area contributed by atoms with Gasteiger partial charge in [0.1, 0.15) is 5.69 Å². The second kappa shape index (κ2) is 12.8. The Morgan fingerprint density at radius 1 is 1.07 bits per heavy atom. The fourth-order valence-electron chi connectivity index (χ4n) is 5.23. The van der Waals surface area contributed by atoms with Gasteiger partial charge in [-0.1, -0.05) is 49.4 Å². The molecule has 4 rings (SSSR count). The number of methoxy groups -OCH3 is 1. The van der Waals surface area contributed by atoms with Gasteiger partial charge in [-0.05, 0) is 37.3 Å². The molecule has 0 amide bonds. The average molecular weight is 592 g/mol. The van der Waals surface area contributed by atoms with Crippen LogP contribution < -0.4 is 0 Å². The first-order valence-corrected chi connectivity index (χ1v) is 16.9. The van der Waals surface area contributed by atoms with Crippen LogP contribution in [0.1, 0.15) is 25.5 Å². The number of nitrogens with zero attached hydrogens (tertiary/aromatic N) is 3. The van der Waals surface area contributed by atoms with E-state index in [1.165, 1.54) is 7.11 Å². The molecular weight excluding hydrogens is 555 g/mol. The molecular formula is C29H36F3N3O5Si. The minimum Gasteiger partial charge on any atom is -0.467 e. The molecule has 2 heterocycles. The molecule has 0 bridgehead atoms. The highest BCUT2D eigenvalue weighted by molar-refractivity contribution is 6.69. The molecule has 1 saturated heterocycles. The number of carbonyl (C=O) groups excluding carboxylic acids is 1. The standard InChI is InChI=1S/C29H36F3N3O5Si/c1-17-24(16-38-15-19-10-8-7-9-11-19)39-27(28(29(36)37-3)40-41(4,5)6)18(2)26(17)35-14-23(33-34-35)20-12-21(30)25(32)22(31)13-20/h7-14,17-18,24,26-28H,15-16H2,1-6H3/t17-,18?,24?,26-,27+,28-/m0/s1. The van der Waals surface area contributed by atoms with E-state index < -0.39 is 50.1 Å². The number of esters is 1. The maximum absolute atomic E-state index is 13.9. The predicted molar refractivity (Wildman–Crippen MR) is 148 cm³/mol. The number of carbonyl (C=O) groups is 1. The molecule has 0 aliphatic carbocycles. The van der Waals surface area contributed by atoms with Crippen LogP contribution in [0.25, 0.3) is 11.3 Å². The summed E-state index contributed by atoms with van der Waals surface area (Å²) >= 11 is 0. The fraction of sp³-hybridized carbons (Fsp3) is 0.483. The molecule has 1 aliphatic heterocycles. The summed E-state index contributed by atoms with van der Waals surface area (Å²) in [6, 6.07) is 11.1. The van der Waals surface area contributed by atoms with Crippen molar-refractivity contribution in [1.29, 1.82) is 0 Å². The van der Waals surface area contributed by atoms with Crippen molar-refractivity contribution in [3.63, 3.8) is 0 Å². The molecule has 2 unspecified atom stereocenters. The summed E-state index contributed by atoms with van der Waals surface area (Å²) in [5, 5.41) is 8.40. The molecule has 2 aromatic carbocycles. The van der Waals surface area contributed by atoms with E-state index in [-0.39, 0.29) is 35.7 Å². The van der Waals surface area contributed by atoms with Gasteiger partial charge in [0.25, 0.3) is 0 Å². The number of benzene rings is 2. The van der Waals surface area contributed by atoms with E-state index in [4.69, 9.17) is 18.6 Å². The van der Waals surface area contributed by atoms with Gasteiger partial charge in [0.15, 0.2) is 31.9 Å². The van der Waals surface area contributed by atoms with E-state index in [0.717, 1.165) is 17.7 Å². The Balaban J connectivity index is 1.66. The molecule has 1 fully saturated rings. The van der Waals surface area contributed by atoms with Crippen molar-refractivity contribution in [2.75, 3.05) is 13.7 Å². The van der Waals surface area contributed by atoms with Crippen LogP contribution in [-0.2, 0) is 30.0 Å². The van der Waals surface area contributed by atoms with Crippen molar-refractivity contribution >= 4 is 14.3 Å². The molecule has 12 heteroatoms. The van der Waals surface area contributed by atoms with E-state index in [1.54, 1.807) is 10.9 Å². The summed E-state index contributed by atoms with van der Waals surface area (Å²) < 4.78 is 67.0. The van der Waals surface area contributed by atoms with Gasteiger partial charge in [-0.2, -0.15) is 0 Å². The van der Waals surface area contributed by atoms with Crippen LogP contribution in [0.2, 0.25) is 19.6 Å². The molecule has 0 saturated carbocycles. The third-order valence-electron chi connectivity index (χ3n) is 7.22. The number of ether oxygens (including phenoxy) is 3. The Hall–Kier alpha value is -3.06. The van der Waals surface area contributed by atoms with Gasteiger partial charge in [0.2, 0.25) is 0 Å². The minimum absolute atomic E-state index is 0.0498. The van der Waals surface area contributed by atoms with Gasteiger partial charge in [-0.25, -0.2) is 22.6 Å². The number of hydrogen-bond acceptors (Lipinski definition) is 7. The summed E-state index contributed by atoms with van der Waals surface area (Å²) in [5.74, 6) is -5.24. The third-order valence-corrected chi connectivity index (χ3v) is 8.18. The van der Waals surface area contributed by atoms with Crippen LogP contribution in [0.3, 0.4) is 0 Å². The zero-order chi connectivity index (χ0) is 29.9. The summed E-state index contributed by atoms with van der Waals surface area (Å²) in [4.78, 5) is 13.0. The highest BCUT2D eigenvalue weighted by atomic mass is 28.4. The molecule has 1 aromatic heterocycles. The van der Waals surface area contributed by atoms with Gasteiger partial charge >= 0.3 is 5.97 Å². The van der Waals surface area contributed by atoms with Crippen LogP contribution in [0.5, 0.6) is 0 Å². The number of aromatic nitrogens is 3. The summed E-state index contributed by atoms with van der Waals surface area (Å²) in [6.07, 6.45) is -0.609. The Bertz CT molecular complexity index is 1310. The average Bonchev–Trinajstić information content (AvgIpc) is 3.41. The Kier molecular flexibility index (Phi) is 9.68. The molecule has 0 N–H and O–H groups in total. The van der Waals surface area contributed by atoms with E-state index in [1.807, 2.05) is 63.8 Å². The van der Waals surface area contributed by atoms with Crippen LogP contribution in [0, 0.1) is 29.3 Å². The lowest BCUT2D eigenvalue weighted by molar-refractivity contribution is -0.197. The number of hydrogen-bond donors (Lipinski definition) is 0. The van der Waals surface area contributed by atoms with Crippen molar-refractivity contribution in [1.82, 2.24) is 15.0 Å². The minimum atomic E-state index is -2.23. The van der Waals surface area contributed by atoms with Crippen LogP contribution in [0.15, 0.2) is 48.7 Å². The zero-order valence-electron chi connectivity index (χ0n) is 24.0. The summed E-state index contributed by atoms with van der Waals surface area (Å²) in [6.45, 7) is 10.4. The molecule has 41 heavy (non-hydrogen) atoms. The molecule has 3 aromatic rings. The highest BCUT2D eigenvalue weighted by Gasteiger charge is 2.49. The van der Waals surface area contributed by atoms with E-state index >= 15 is 0 Å². The van der Waals surface area contributed by atoms with Gasteiger partial charge < -0.3 is 18.6 Å². The monoisotopic (exact) mass is 591 g/mol. The van der Waals surface area contributed by atoms with E-state index in [9.17, 15) is 18.0 Å². The maximum atomic E-state index is 13.9. The Morgan fingerprint density at radius 3 is 2.34 bits per heavy atom. The largest absolute Gasteiger partial charge is 0.467 e. The lowest BCUT2D eigenvalue weighted by Gasteiger charge is -2.47. The van der Waals surface area contributed by atoms with Crippen molar-refractivity contribution < 1.29 is 36.6 Å². The van der Waals surface area contributed by atoms with Gasteiger partial charge in [-0.15, -0.1) is 5.10 Å². The molecule has 6 atom stereocenters. The van der Waals surface area contributed by atoms with Crippen LogP contribution >= 0.6 is 0 Å². The first kappa shape index (κ1) is 30.9. The third kappa shape index (κ3) is 7.24. The van der Waals surface area contributed by atoms with Crippen molar-refractivity contribution in [3.8, 4) is 11.3 Å². The molecule has 0 spiro atoms. The van der Waals surface area contributed by atoms with Crippen LogP contribution in [0.4, 0.5) is 13.2 Å². The van der Waals surface area contributed by atoms with Crippen molar-refractivity contribution in [3.05, 3.63) is 71.7 Å². The summed E-state index contributed by atoms with van der Waals surface area (Å²) in [7, 11) is -0.920. The zero-order valence-corrected chi connectivity index (χ0v) is 25.0. The second-order valence-electron chi connectivity index (χ2n) is 11.4. The van der Waals surface area contributed by atoms with Crippen LogP contribution in [-0.4, -0.2) is 61.3 Å². The lowest BCUT2D eigenvalue weighted by Crippen LogP contribution is -2.56. The first-order valence-electron chi connectivity index (χ1n) is 13.5. The fourth-order valence-corrected chi connectivity index (χ4v) is 6.23. The topological polar surface area (TPSA) is 84.7 Å². The Morgan fingerprint density at radius 2 is 1.73 bits per heavy atom. The lowest BCUT2D eigenvalue weighted by atomic mass is 9.79. The normalized spacial score (nSPS) is 23.8. The smallest absolute Gasteiger partial charge is 0.336 e. The van der Waals surface area contributed by atoms with Gasteiger partial charge in [-0.3, -0.25) is 0 Å². The second-order valence-corrected chi connectivity index (χ2v) is 15.8. The highest BCUT2D eigenvalue weighted by Crippen LogP contribution is 2.41. The summed E-state index contributed by atoms with van der Waals surface area (Å²) in [5.41, 5.74) is 1.23. The maximum Gasteiger partial charge on any atom is 0.336 e. The first-order chi connectivity index (χ1) is 19.4. The molecule has 1 aliphatic rings. The number of rotatable bonds is 10. The van der Waals surface area contributed by atoms with Gasteiger partial charge in [0.05, 0.1) is 44.8 Å². The van der Waals surface area contributed by atoms with E-state index in [2.05, 4.69) is 10.3 Å². The quantitative estimate of drug-likeness (QED) is 0.174. The molecule has 8 nitrogen and oxygen atoms in total. The van der Waals surface area contributed by atoms with E-state index in [0.29, 0.717) is 6.61 Å². The van der Waals surface area contributed by atoms with Crippen molar-refractivity contribution in [2.24, 2.45) is 11.8 Å². The van der Waals surface area contributed by atoms with Gasteiger partial charge in [0, 0.05) is 17.4 Å². The predicted octanol–water partition coefficient (Wildman–Crippen LogP) is 5.55.